The summed E-state index contributed by atoms with van der Waals surface area (Å²) < 4.78 is 10.4. The number of ether oxygens (including phenoxy) is 2. The zero-order chi connectivity index (χ0) is 13.9. The predicted molar refractivity (Wildman–Crippen MR) is 79.6 cm³/mol. The molecule has 1 rings (SSSR count). The average molecular weight is 266 g/mol. The van der Waals surface area contributed by atoms with E-state index in [0.29, 0.717) is 19.2 Å². The summed E-state index contributed by atoms with van der Waals surface area (Å²) in [6.07, 6.45) is 2.93. The van der Waals surface area contributed by atoms with Gasteiger partial charge >= 0.3 is 0 Å². The molecule has 0 spiro atoms. The molecule has 1 unspecified atom stereocenters. The van der Waals surface area contributed by atoms with Crippen molar-refractivity contribution in [2.45, 2.75) is 25.3 Å². The number of nitrogens with one attached hydrogen (secondary N) is 1. The van der Waals surface area contributed by atoms with Crippen molar-refractivity contribution < 1.29 is 9.47 Å². The smallest absolute Gasteiger partial charge is 0.0664 e. The van der Waals surface area contributed by atoms with Crippen LogP contribution in [0.3, 0.4) is 0 Å². The minimum Gasteiger partial charge on any atom is -0.384 e. The van der Waals surface area contributed by atoms with Gasteiger partial charge in [0.05, 0.1) is 13.2 Å². The van der Waals surface area contributed by atoms with Crippen molar-refractivity contribution in [3.05, 3.63) is 29.8 Å². The minimum atomic E-state index is 0.303. The van der Waals surface area contributed by atoms with Crippen molar-refractivity contribution in [1.82, 2.24) is 0 Å². The number of rotatable bonds is 10. The molecule has 0 saturated carbocycles. The largest absolute Gasteiger partial charge is 0.384 e. The molecule has 1 atom stereocenters. The molecule has 4 heteroatoms. The van der Waals surface area contributed by atoms with E-state index in [4.69, 9.17) is 15.2 Å². The zero-order valence-electron chi connectivity index (χ0n) is 12.0. The van der Waals surface area contributed by atoms with E-state index in [1.165, 1.54) is 11.3 Å². The quantitative estimate of drug-likeness (QED) is 0.680. The van der Waals surface area contributed by atoms with Crippen LogP contribution in [-0.2, 0) is 15.9 Å². The van der Waals surface area contributed by atoms with Gasteiger partial charge in [-0.15, -0.1) is 0 Å². The van der Waals surface area contributed by atoms with Crippen LogP contribution in [0.25, 0.3) is 0 Å². The van der Waals surface area contributed by atoms with Gasteiger partial charge in [0.25, 0.3) is 0 Å². The Morgan fingerprint density at radius 1 is 1.21 bits per heavy atom. The summed E-state index contributed by atoms with van der Waals surface area (Å²) in [6, 6.07) is 8.65. The zero-order valence-corrected chi connectivity index (χ0v) is 12.0. The number of hydrogen-bond donors (Lipinski definition) is 2. The third kappa shape index (κ3) is 6.05. The Labute approximate surface area is 116 Å². The van der Waals surface area contributed by atoms with Crippen LogP contribution in [0.4, 0.5) is 5.69 Å². The Bertz CT molecular complexity index is 345. The molecule has 19 heavy (non-hydrogen) atoms. The molecule has 0 aliphatic carbocycles. The van der Waals surface area contributed by atoms with Gasteiger partial charge in [0.1, 0.15) is 0 Å². The normalized spacial score (nSPS) is 12.4. The summed E-state index contributed by atoms with van der Waals surface area (Å²) in [6.45, 7) is 2.14. The van der Waals surface area contributed by atoms with Crippen molar-refractivity contribution in [3.8, 4) is 0 Å². The highest BCUT2D eigenvalue weighted by atomic mass is 16.5. The first-order valence-corrected chi connectivity index (χ1v) is 6.84. The number of methoxy groups -OCH3 is 2. The number of hydrogen-bond acceptors (Lipinski definition) is 4. The molecule has 1 aromatic carbocycles. The van der Waals surface area contributed by atoms with E-state index in [1.54, 1.807) is 14.2 Å². The summed E-state index contributed by atoms with van der Waals surface area (Å²) >= 11 is 0. The lowest BCUT2D eigenvalue weighted by Gasteiger charge is -2.21. The topological polar surface area (TPSA) is 56.5 Å². The van der Waals surface area contributed by atoms with E-state index in [9.17, 15) is 0 Å². The van der Waals surface area contributed by atoms with Crippen molar-refractivity contribution in [2.75, 3.05) is 39.3 Å². The first kappa shape index (κ1) is 16.0. The van der Waals surface area contributed by atoms with E-state index in [2.05, 4.69) is 23.5 Å². The van der Waals surface area contributed by atoms with Crippen LogP contribution in [0.2, 0.25) is 0 Å². The highest BCUT2D eigenvalue weighted by molar-refractivity contribution is 5.51. The first-order chi connectivity index (χ1) is 9.31. The molecule has 0 saturated heterocycles. The molecule has 1 aromatic rings. The van der Waals surface area contributed by atoms with Crippen LogP contribution in [0.5, 0.6) is 0 Å². The van der Waals surface area contributed by atoms with Gasteiger partial charge in [-0.3, -0.25) is 0 Å². The maximum Gasteiger partial charge on any atom is 0.0664 e. The molecule has 0 radical (unpaired) electrons. The van der Waals surface area contributed by atoms with Crippen LogP contribution >= 0.6 is 0 Å². The van der Waals surface area contributed by atoms with Crippen molar-refractivity contribution in [2.24, 2.45) is 5.73 Å². The summed E-state index contributed by atoms with van der Waals surface area (Å²) in [4.78, 5) is 0. The number of para-hydroxylation sites is 1. The monoisotopic (exact) mass is 266 g/mol. The lowest BCUT2D eigenvalue weighted by Crippen LogP contribution is -2.26. The Morgan fingerprint density at radius 2 is 2.00 bits per heavy atom. The van der Waals surface area contributed by atoms with Crippen LogP contribution in [0, 0.1) is 0 Å². The molecule has 0 aromatic heterocycles. The second-order valence-electron chi connectivity index (χ2n) is 4.63. The molecule has 108 valence electrons. The van der Waals surface area contributed by atoms with Gasteiger partial charge in [0.15, 0.2) is 0 Å². The third-order valence-corrected chi connectivity index (χ3v) is 3.08. The maximum atomic E-state index is 5.58. The van der Waals surface area contributed by atoms with Gasteiger partial charge in [0, 0.05) is 25.9 Å². The second-order valence-corrected chi connectivity index (χ2v) is 4.63. The fourth-order valence-electron chi connectivity index (χ4n) is 2.07. The highest BCUT2D eigenvalue weighted by Gasteiger charge is 2.10. The van der Waals surface area contributed by atoms with Crippen LogP contribution in [0.1, 0.15) is 18.4 Å². The molecule has 0 heterocycles. The van der Waals surface area contributed by atoms with Crippen molar-refractivity contribution >= 4 is 5.69 Å². The second kappa shape index (κ2) is 9.78. The van der Waals surface area contributed by atoms with Gasteiger partial charge in [-0.05, 0) is 37.4 Å². The van der Waals surface area contributed by atoms with Crippen LogP contribution < -0.4 is 11.1 Å². The van der Waals surface area contributed by atoms with E-state index >= 15 is 0 Å². The van der Waals surface area contributed by atoms with E-state index in [-0.39, 0.29) is 0 Å². The minimum absolute atomic E-state index is 0.303. The number of benzene rings is 1. The van der Waals surface area contributed by atoms with Gasteiger partial charge < -0.3 is 20.5 Å². The van der Waals surface area contributed by atoms with Crippen LogP contribution in [-0.4, -0.2) is 40.0 Å². The van der Waals surface area contributed by atoms with Gasteiger partial charge in [0.2, 0.25) is 0 Å². The lowest BCUT2D eigenvalue weighted by atomic mass is 10.1. The van der Waals surface area contributed by atoms with Gasteiger partial charge in [-0.25, -0.2) is 0 Å². The summed E-state index contributed by atoms with van der Waals surface area (Å²) in [5.41, 5.74) is 8.02. The fraction of sp³-hybridized carbons (Fsp3) is 0.600. The summed E-state index contributed by atoms with van der Waals surface area (Å²) in [5, 5.41) is 3.56. The number of nitrogens with two attached hydrogens (primary N) is 1. The van der Waals surface area contributed by atoms with E-state index in [0.717, 1.165) is 25.9 Å². The Hall–Kier alpha value is -1.10. The third-order valence-electron chi connectivity index (χ3n) is 3.08. The van der Waals surface area contributed by atoms with Crippen molar-refractivity contribution in [1.29, 1.82) is 0 Å². The standard InChI is InChI=1S/C15H26N2O2/c1-18-11-9-13-6-3-4-8-15(13)17-14(12-19-2)7-5-10-16/h3-4,6,8,14,17H,5,7,9-12,16H2,1-2H3. The summed E-state index contributed by atoms with van der Waals surface area (Å²) in [7, 11) is 3.46. The molecule has 0 amide bonds. The fourth-order valence-corrected chi connectivity index (χ4v) is 2.07. The number of anilines is 1. The molecule has 0 fully saturated rings. The average Bonchev–Trinajstić information content (AvgIpc) is 2.44. The molecule has 4 nitrogen and oxygen atoms in total. The highest BCUT2D eigenvalue weighted by Crippen LogP contribution is 2.18. The predicted octanol–water partition coefficient (Wildman–Crippen LogP) is 2.04. The Kier molecular flexibility index (Phi) is 8.21. The molecular weight excluding hydrogens is 240 g/mol. The first-order valence-electron chi connectivity index (χ1n) is 6.84. The molecule has 3 N–H and O–H groups in total. The summed E-state index contributed by atoms with van der Waals surface area (Å²) in [5.74, 6) is 0. The van der Waals surface area contributed by atoms with Gasteiger partial charge in [-0.1, -0.05) is 18.2 Å². The molecule has 0 aliphatic rings. The van der Waals surface area contributed by atoms with Gasteiger partial charge in [-0.2, -0.15) is 0 Å². The molecule has 0 bridgehead atoms. The Balaban J connectivity index is 2.65. The lowest BCUT2D eigenvalue weighted by molar-refractivity contribution is 0.182. The van der Waals surface area contributed by atoms with E-state index < -0.39 is 0 Å². The van der Waals surface area contributed by atoms with E-state index in [1.807, 2.05) is 6.07 Å². The Morgan fingerprint density at radius 3 is 2.68 bits per heavy atom. The molecular formula is C15H26N2O2. The SMILES string of the molecule is COCCc1ccccc1NC(CCCN)COC. The van der Waals surface area contributed by atoms with Crippen molar-refractivity contribution in [3.63, 3.8) is 0 Å². The van der Waals surface area contributed by atoms with Crippen LogP contribution in [0.15, 0.2) is 24.3 Å². The maximum absolute atomic E-state index is 5.58. The molecule has 0 aliphatic heterocycles.